The molecule has 2 fully saturated rings. The molecule has 14 heteroatoms. The van der Waals surface area contributed by atoms with E-state index in [1.807, 2.05) is 19.0 Å². The smallest absolute Gasteiger partial charge is 0.342 e. The maximum Gasteiger partial charge on any atom is 0.416 e. The molecule has 0 spiro atoms. The largest absolute Gasteiger partial charge is 0.416 e. The number of carbonyl (C=O) groups excluding carboxylic acids is 2. The van der Waals surface area contributed by atoms with E-state index in [0.717, 1.165) is 29.7 Å². The number of hydrogen-bond donors (Lipinski definition) is 0. The summed E-state index contributed by atoms with van der Waals surface area (Å²) in [6, 6.07) is 14.9. The lowest BCUT2D eigenvalue weighted by molar-refractivity contribution is -0.138. The van der Waals surface area contributed by atoms with E-state index in [1.165, 1.54) is 34.7 Å². The van der Waals surface area contributed by atoms with E-state index in [4.69, 9.17) is 0 Å². The Labute approximate surface area is 286 Å². The molecule has 1 aliphatic carbocycles. The highest BCUT2D eigenvalue weighted by atomic mass is 19.4. The topological polar surface area (TPSA) is 122 Å². The van der Waals surface area contributed by atoms with Crippen molar-refractivity contribution in [3.8, 4) is 28.8 Å². The molecule has 0 atom stereocenters. The molecular weight excluding hydrogens is 649 g/mol. The summed E-state index contributed by atoms with van der Waals surface area (Å²) in [5.74, 6) is -0.880. The van der Waals surface area contributed by atoms with Crippen LogP contribution >= 0.6 is 0 Å². The Morgan fingerprint density at radius 1 is 0.980 bits per heavy atom. The van der Waals surface area contributed by atoms with Gasteiger partial charge >= 0.3 is 6.18 Å². The quantitative estimate of drug-likeness (QED) is 0.274. The first-order valence-electron chi connectivity index (χ1n) is 16.5. The second-order valence-corrected chi connectivity index (χ2v) is 13.0. The van der Waals surface area contributed by atoms with Crippen LogP contribution in [-0.4, -0.2) is 79.7 Å². The molecule has 11 nitrogen and oxygen atoms in total. The van der Waals surface area contributed by atoms with E-state index in [0.29, 0.717) is 67.5 Å². The second kappa shape index (κ2) is 13.9. The Kier molecular flexibility index (Phi) is 9.62. The molecule has 260 valence electrons. The molecule has 2 amide bonds. The van der Waals surface area contributed by atoms with Gasteiger partial charge < -0.3 is 9.80 Å². The number of alkyl halides is 3. The second-order valence-electron chi connectivity index (χ2n) is 13.0. The van der Waals surface area contributed by atoms with Crippen LogP contribution in [0, 0.1) is 17.2 Å². The SMILES string of the molecule is CN(C)C1CCN(C(=O)C2CCC(=NC(=O)c3c(-c4ccnn4-c4ccc(C#N)cc4)n(C)n(-c4cccc(C(F)(F)F)c4)c3=O)CC2)CC1. The third kappa shape index (κ3) is 6.78. The molecule has 4 aromatic rings. The number of halogens is 3. The van der Waals surface area contributed by atoms with Crippen molar-refractivity contribution in [1.29, 1.82) is 5.26 Å². The van der Waals surface area contributed by atoms with Crippen LogP contribution in [0.4, 0.5) is 13.2 Å². The molecule has 0 radical (unpaired) electrons. The maximum atomic E-state index is 14.1. The molecule has 1 aliphatic heterocycles. The number of benzene rings is 2. The molecule has 2 aromatic heterocycles. The number of piperidine rings is 1. The normalized spacial score (nSPS) is 17.2. The van der Waals surface area contributed by atoms with Gasteiger partial charge in [-0.15, -0.1) is 0 Å². The number of nitriles is 1. The highest BCUT2D eigenvalue weighted by molar-refractivity contribution is 6.07. The Balaban J connectivity index is 1.34. The van der Waals surface area contributed by atoms with E-state index in [2.05, 4.69) is 21.1 Å². The lowest BCUT2D eigenvalue weighted by Gasteiger charge is -2.37. The van der Waals surface area contributed by atoms with E-state index in [1.54, 1.807) is 30.3 Å². The van der Waals surface area contributed by atoms with Gasteiger partial charge in [0.2, 0.25) is 5.91 Å². The number of rotatable bonds is 6. The van der Waals surface area contributed by atoms with Crippen molar-refractivity contribution >= 4 is 17.5 Å². The summed E-state index contributed by atoms with van der Waals surface area (Å²) < 4.78 is 44.9. The zero-order valence-electron chi connectivity index (χ0n) is 28.0. The number of aliphatic imine (C=N–C) groups is 1. The zero-order valence-corrected chi connectivity index (χ0v) is 28.0. The highest BCUT2D eigenvalue weighted by Gasteiger charge is 2.34. The fourth-order valence-electron chi connectivity index (χ4n) is 6.93. The van der Waals surface area contributed by atoms with Crippen LogP contribution in [0.3, 0.4) is 0 Å². The maximum absolute atomic E-state index is 14.1. The zero-order chi connectivity index (χ0) is 35.7. The summed E-state index contributed by atoms with van der Waals surface area (Å²) in [7, 11) is 5.58. The number of hydrogen-bond acceptors (Lipinski definition) is 6. The number of likely N-dealkylation sites (tertiary alicyclic amines) is 1. The number of carbonyl (C=O) groups is 2. The predicted molar refractivity (Wildman–Crippen MR) is 180 cm³/mol. The van der Waals surface area contributed by atoms with Crippen molar-refractivity contribution in [2.75, 3.05) is 27.2 Å². The van der Waals surface area contributed by atoms with Crippen LogP contribution in [0.5, 0.6) is 0 Å². The van der Waals surface area contributed by atoms with E-state index >= 15 is 0 Å². The van der Waals surface area contributed by atoms with Crippen molar-refractivity contribution in [1.82, 2.24) is 28.9 Å². The van der Waals surface area contributed by atoms with Crippen LogP contribution < -0.4 is 5.56 Å². The minimum absolute atomic E-state index is 0.0849. The fraction of sp³-hybridized carbons (Fsp3) is 0.389. The Bertz CT molecular complexity index is 2030. The van der Waals surface area contributed by atoms with Gasteiger partial charge in [0, 0.05) is 37.8 Å². The predicted octanol–water partition coefficient (Wildman–Crippen LogP) is 5.24. The van der Waals surface area contributed by atoms with Gasteiger partial charge in [-0.25, -0.2) is 14.4 Å². The Morgan fingerprint density at radius 2 is 1.66 bits per heavy atom. The molecule has 2 aliphatic rings. The van der Waals surface area contributed by atoms with Crippen LogP contribution in [0.25, 0.3) is 22.8 Å². The van der Waals surface area contributed by atoms with Crippen molar-refractivity contribution in [2.24, 2.45) is 18.0 Å². The molecular formula is C36H37F3N8O3. The number of aromatic nitrogens is 4. The minimum Gasteiger partial charge on any atom is -0.342 e. The van der Waals surface area contributed by atoms with Gasteiger partial charge in [-0.3, -0.25) is 19.1 Å². The molecule has 0 bridgehead atoms. The minimum atomic E-state index is -4.66. The van der Waals surface area contributed by atoms with Crippen LogP contribution in [0.15, 0.2) is 70.6 Å². The van der Waals surface area contributed by atoms with Gasteiger partial charge in [-0.2, -0.15) is 23.5 Å². The average Bonchev–Trinajstić information content (AvgIpc) is 3.69. The lowest BCUT2D eigenvalue weighted by Crippen LogP contribution is -2.46. The molecule has 1 saturated heterocycles. The van der Waals surface area contributed by atoms with Crippen molar-refractivity contribution in [2.45, 2.75) is 50.7 Å². The summed E-state index contributed by atoms with van der Waals surface area (Å²) in [6.45, 7) is 1.43. The first-order chi connectivity index (χ1) is 23.9. The van der Waals surface area contributed by atoms with Gasteiger partial charge in [0.15, 0.2) is 0 Å². The molecule has 1 saturated carbocycles. The van der Waals surface area contributed by atoms with Crippen molar-refractivity contribution < 1.29 is 22.8 Å². The molecule has 2 aromatic carbocycles. The summed E-state index contributed by atoms with van der Waals surface area (Å²) in [5, 5.41) is 13.6. The average molecular weight is 687 g/mol. The fourth-order valence-corrected chi connectivity index (χ4v) is 6.93. The summed E-state index contributed by atoms with van der Waals surface area (Å²) >= 11 is 0. The van der Waals surface area contributed by atoms with E-state index in [9.17, 15) is 32.8 Å². The summed E-state index contributed by atoms with van der Waals surface area (Å²) in [5.41, 5.74) is -0.268. The van der Waals surface area contributed by atoms with E-state index < -0.39 is 23.2 Å². The third-order valence-electron chi connectivity index (χ3n) is 9.70. The molecule has 0 unspecified atom stereocenters. The van der Waals surface area contributed by atoms with Crippen molar-refractivity contribution in [3.05, 3.63) is 87.8 Å². The summed E-state index contributed by atoms with van der Waals surface area (Å²) in [4.78, 5) is 49.9. The Morgan fingerprint density at radius 3 is 2.28 bits per heavy atom. The van der Waals surface area contributed by atoms with Gasteiger partial charge in [0.25, 0.3) is 11.5 Å². The van der Waals surface area contributed by atoms with Gasteiger partial charge in [0.05, 0.1) is 40.5 Å². The first-order valence-corrected chi connectivity index (χ1v) is 16.5. The number of nitrogens with zero attached hydrogens (tertiary/aromatic N) is 8. The molecule has 3 heterocycles. The van der Waals surface area contributed by atoms with Crippen LogP contribution in [0.2, 0.25) is 0 Å². The highest BCUT2D eigenvalue weighted by Crippen LogP contribution is 2.32. The number of amides is 2. The standard InChI is InChI=1S/C36H37F3N8O3/c1-43(2)27-16-19-45(20-17-27)34(49)24-9-11-26(12-10-24)42-33(48)31-32(30-15-18-41-46(30)28-13-7-23(22-40)8-14-28)44(3)47(35(31)50)29-6-4-5-25(21-29)36(37,38)39/h4-8,13-15,18,21,24,27H,9-12,16-17,19-20H2,1-3H3. The summed E-state index contributed by atoms with van der Waals surface area (Å²) in [6.07, 6.45) is 0.534. The van der Waals surface area contributed by atoms with Gasteiger partial charge in [0.1, 0.15) is 11.3 Å². The van der Waals surface area contributed by atoms with Gasteiger partial charge in [-0.05, 0) is 101 Å². The van der Waals surface area contributed by atoms with E-state index in [-0.39, 0.29) is 28.8 Å². The first kappa shape index (κ1) is 34.6. The van der Waals surface area contributed by atoms with Gasteiger partial charge in [-0.1, -0.05) is 6.07 Å². The molecule has 50 heavy (non-hydrogen) atoms. The monoisotopic (exact) mass is 686 g/mol. The third-order valence-corrected chi connectivity index (χ3v) is 9.70. The molecule has 0 N–H and O–H groups in total. The Hall–Kier alpha value is -5.29. The molecule has 6 rings (SSSR count). The van der Waals surface area contributed by atoms with Crippen LogP contribution in [0.1, 0.15) is 60.0 Å². The van der Waals surface area contributed by atoms with Crippen LogP contribution in [-0.2, 0) is 18.0 Å². The lowest BCUT2D eigenvalue weighted by atomic mass is 9.86. The van der Waals surface area contributed by atoms with Crippen molar-refractivity contribution in [3.63, 3.8) is 0 Å².